The summed E-state index contributed by atoms with van der Waals surface area (Å²) in [5.41, 5.74) is 2.38. The molecule has 23 heavy (non-hydrogen) atoms. The molecule has 1 saturated heterocycles. The molecule has 0 saturated carbocycles. The molecule has 3 nitrogen and oxygen atoms in total. The molecule has 1 fully saturated rings. The third-order valence-corrected chi connectivity index (χ3v) is 4.08. The van der Waals surface area contributed by atoms with Crippen molar-refractivity contribution in [2.45, 2.75) is 38.3 Å². The summed E-state index contributed by atoms with van der Waals surface area (Å²) in [6.07, 6.45) is 2.22. The van der Waals surface area contributed by atoms with Crippen LogP contribution in [0.2, 0.25) is 0 Å². The fourth-order valence-electron chi connectivity index (χ4n) is 2.80. The summed E-state index contributed by atoms with van der Waals surface area (Å²) >= 11 is 0. The Morgan fingerprint density at radius 3 is 2.22 bits per heavy atom. The van der Waals surface area contributed by atoms with Crippen LogP contribution >= 0.6 is 0 Å². The minimum Gasteiger partial charge on any atom is -0.374 e. The molecule has 3 heteroatoms. The molecule has 0 amide bonds. The van der Waals surface area contributed by atoms with Crippen molar-refractivity contribution in [3.05, 3.63) is 71.8 Å². The van der Waals surface area contributed by atoms with Crippen molar-refractivity contribution >= 4 is 0 Å². The molecule has 2 atom stereocenters. The van der Waals surface area contributed by atoms with Crippen LogP contribution in [0.25, 0.3) is 0 Å². The summed E-state index contributed by atoms with van der Waals surface area (Å²) in [7, 11) is 0. The van der Waals surface area contributed by atoms with Gasteiger partial charge in [-0.3, -0.25) is 0 Å². The second-order valence-corrected chi connectivity index (χ2v) is 5.89. The first-order valence-corrected chi connectivity index (χ1v) is 8.30. The summed E-state index contributed by atoms with van der Waals surface area (Å²) in [6.45, 7) is 2.62. The highest BCUT2D eigenvalue weighted by atomic mass is 16.6. The lowest BCUT2D eigenvalue weighted by atomic mass is 10.1. The number of hydrogen-bond donors (Lipinski definition) is 0. The number of hydrogen-bond acceptors (Lipinski definition) is 3. The Bertz CT molecular complexity index is 556. The van der Waals surface area contributed by atoms with Crippen LogP contribution in [0.1, 0.15) is 24.0 Å². The summed E-state index contributed by atoms with van der Waals surface area (Å²) < 4.78 is 17.8. The van der Waals surface area contributed by atoms with Gasteiger partial charge in [-0.2, -0.15) is 0 Å². The molecule has 3 rings (SSSR count). The Morgan fingerprint density at radius 2 is 1.52 bits per heavy atom. The van der Waals surface area contributed by atoms with Gasteiger partial charge in [0.05, 0.1) is 25.9 Å². The molecule has 1 heterocycles. The first-order chi connectivity index (χ1) is 11.4. The SMILES string of the molecule is c1ccc(COCC2OCCCC2OCc2ccccc2)cc1. The number of rotatable bonds is 7. The molecule has 1 aliphatic heterocycles. The maximum Gasteiger partial charge on any atom is 0.107 e. The molecule has 0 N–H and O–H groups in total. The number of benzene rings is 2. The third-order valence-electron chi connectivity index (χ3n) is 4.08. The Kier molecular flexibility index (Phi) is 6.21. The summed E-state index contributed by atoms with van der Waals surface area (Å²) in [5, 5.41) is 0. The second kappa shape index (κ2) is 8.82. The van der Waals surface area contributed by atoms with Gasteiger partial charge in [-0.15, -0.1) is 0 Å². The maximum atomic E-state index is 6.08. The molecule has 0 radical (unpaired) electrons. The molecule has 0 aliphatic carbocycles. The monoisotopic (exact) mass is 312 g/mol. The van der Waals surface area contributed by atoms with Crippen molar-refractivity contribution < 1.29 is 14.2 Å². The molecule has 2 unspecified atom stereocenters. The van der Waals surface area contributed by atoms with E-state index in [0.717, 1.165) is 19.4 Å². The van der Waals surface area contributed by atoms with E-state index in [-0.39, 0.29) is 12.2 Å². The largest absolute Gasteiger partial charge is 0.374 e. The summed E-state index contributed by atoms with van der Waals surface area (Å²) in [6, 6.07) is 20.5. The van der Waals surface area contributed by atoms with Crippen LogP contribution in [0.15, 0.2) is 60.7 Å². The van der Waals surface area contributed by atoms with E-state index in [2.05, 4.69) is 24.3 Å². The lowest BCUT2D eigenvalue weighted by molar-refractivity contribution is -0.137. The highest BCUT2D eigenvalue weighted by Crippen LogP contribution is 2.19. The molecular weight excluding hydrogens is 288 g/mol. The normalized spacial score (nSPS) is 21.2. The molecule has 1 aliphatic rings. The van der Waals surface area contributed by atoms with Gasteiger partial charge in [0.1, 0.15) is 6.10 Å². The van der Waals surface area contributed by atoms with E-state index >= 15 is 0 Å². The predicted octanol–water partition coefficient (Wildman–Crippen LogP) is 3.97. The van der Waals surface area contributed by atoms with E-state index in [1.165, 1.54) is 11.1 Å². The van der Waals surface area contributed by atoms with Gasteiger partial charge in [0.2, 0.25) is 0 Å². The van der Waals surface area contributed by atoms with Crippen molar-refractivity contribution in [3.8, 4) is 0 Å². The van der Waals surface area contributed by atoms with E-state index in [0.29, 0.717) is 19.8 Å². The summed E-state index contributed by atoms with van der Waals surface area (Å²) in [4.78, 5) is 0. The van der Waals surface area contributed by atoms with E-state index in [9.17, 15) is 0 Å². The van der Waals surface area contributed by atoms with Crippen molar-refractivity contribution in [1.82, 2.24) is 0 Å². The lowest BCUT2D eigenvalue weighted by Crippen LogP contribution is -2.39. The standard InChI is InChI=1S/C20H24O3/c1-3-8-17(9-4-1)14-21-16-20-19(12-7-13-22-20)23-15-18-10-5-2-6-11-18/h1-6,8-11,19-20H,7,12-16H2. The molecule has 2 aromatic carbocycles. The molecule has 122 valence electrons. The van der Waals surface area contributed by atoms with Gasteiger partial charge in [0.15, 0.2) is 0 Å². The van der Waals surface area contributed by atoms with Crippen molar-refractivity contribution in [2.24, 2.45) is 0 Å². The van der Waals surface area contributed by atoms with Gasteiger partial charge < -0.3 is 14.2 Å². The first-order valence-electron chi connectivity index (χ1n) is 8.30. The lowest BCUT2D eigenvalue weighted by Gasteiger charge is -2.31. The third kappa shape index (κ3) is 5.17. The van der Waals surface area contributed by atoms with Crippen LogP contribution in [0.3, 0.4) is 0 Å². The van der Waals surface area contributed by atoms with Gasteiger partial charge >= 0.3 is 0 Å². The van der Waals surface area contributed by atoms with Crippen molar-refractivity contribution in [2.75, 3.05) is 13.2 Å². The van der Waals surface area contributed by atoms with Crippen LogP contribution in [-0.2, 0) is 27.4 Å². The molecule has 0 spiro atoms. The quantitative estimate of drug-likeness (QED) is 0.774. The van der Waals surface area contributed by atoms with Gasteiger partial charge in [-0.05, 0) is 24.0 Å². The Labute approximate surface area is 138 Å². The van der Waals surface area contributed by atoms with E-state index < -0.39 is 0 Å². The second-order valence-electron chi connectivity index (χ2n) is 5.89. The highest BCUT2D eigenvalue weighted by Gasteiger charge is 2.27. The van der Waals surface area contributed by atoms with Crippen LogP contribution in [0, 0.1) is 0 Å². The van der Waals surface area contributed by atoms with Crippen LogP contribution in [0.5, 0.6) is 0 Å². The molecular formula is C20H24O3. The topological polar surface area (TPSA) is 27.7 Å². The Hall–Kier alpha value is -1.68. The van der Waals surface area contributed by atoms with E-state index in [4.69, 9.17) is 14.2 Å². The molecule has 0 aromatic heterocycles. The minimum absolute atomic E-state index is 0.0242. The van der Waals surface area contributed by atoms with Gasteiger partial charge in [-0.1, -0.05) is 60.7 Å². The maximum absolute atomic E-state index is 6.08. The minimum atomic E-state index is 0.0242. The van der Waals surface area contributed by atoms with Crippen molar-refractivity contribution in [1.29, 1.82) is 0 Å². The average molecular weight is 312 g/mol. The van der Waals surface area contributed by atoms with Crippen molar-refractivity contribution in [3.63, 3.8) is 0 Å². The van der Waals surface area contributed by atoms with Gasteiger partial charge in [-0.25, -0.2) is 0 Å². The summed E-state index contributed by atoms with van der Waals surface area (Å²) in [5.74, 6) is 0. The fourth-order valence-corrected chi connectivity index (χ4v) is 2.80. The zero-order valence-electron chi connectivity index (χ0n) is 13.4. The van der Waals surface area contributed by atoms with Gasteiger partial charge in [0, 0.05) is 6.61 Å². The van der Waals surface area contributed by atoms with Gasteiger partial charge in [0.25, 0.3) is 0 Å². The Morgan fingerprint density at radius 1 is 0.870 bits per heavy atom. The number of ether oxygens (including phenoxy) is 3. The highest BCUT2D eigenvalue weighted by molar-refractivity contribution is 5.14. The smallest absolute Gasteiger partial charge is 0.107 e. The van der Waals surface area contributed by atoms with Crippen LogP contribution in [0.4, 0.5) is 0 Å². The van der Waals surface area contributed by atoms with Crippen LogP contribution < -0.4 is 0 Å². The van der Waals surface area contributed by atoms with E-state index in [1.54, 1.807) is 0 Å². The zero-order chi connectivity index (χ0) is 15.7. The Balaban J connectivity index is 1.46. The molecule has 0 bridgehead atoms. The fraction of sp³-hybridized carbons (Fsp3) is 0.400. The molecule has 2 aromatic rings. The zero-order valence-corrected chi connectivity index (χ0v) is 13.4. The van der Waals surface area contributed by atoms with Crippen LogP contribution in [-0.4, -0.2) is 25.4 Å². The first kappa shape index (κ1) is 16.2. The average Bonchev–Trinajstić information content (AvgIpc) is 2.63. The van der Waals surface area contributed by atoms with E-state index in [1.807, 2.05) is 36.4 Å². The predicted molar refractivity (Wildman–Crippen MR) is 90.1 cm³/mol.